The van der Waals surface area contributed by atoms with Crippen molar-refractivity contribution in [1.82, 2.24) is 0 Å². The zero-order valence-electron chi connectivity index (χ0n) is 8.40. The van der Waals surface area contributed by atoms with E-state index < -0.39 is 0 Å². The molecule has 0 N–H and O–H groups in total. The van der Waals surface area contributed by atoms with Crippen molar-refractivity contribution in [3.8, 4) is 5.75 Å². The third kappa shape index (κ3) is 1.58. The van der Waals surface area contributed by atoms with Gasteiger partial charge in [-0.1, -0.05) is 12.1 Å². The molecule has 4 nitrogen and oxygen atoms in total. The highest BCUT2D eigenvalue weighted by Gasteiger charge is 2.25. The summed E-state index contributed by atoms with van der Waals surface area (Å²) in [6.07, 6.45) is 0.718. The third-order valence-corrected chi connectivity index (χ3v) is 2.38. The number of rotatable bonds is 2. The minimum atomic E-state index is -0.180. The van der Waals surface area contributed by atoms with Crippen molar-refractivity contribution in [1.29, 1.82) is 0 Å². The minimum absolute atomic E-state index is 0.00565. The Kier molecular flexibility index (Phi) is 2.41. The lowest BCUT2D eigenvalue weighted by Crippen LogP contribution is -2.40. The van der Waals surface area contributed by atoms with Gasteiger partial charge in [-0.25, -0.2) is 0 Å². The minimum Gasteiger partial charge on any atom is -0.481 e. The lowest BCUT2D eigenvalue weighted by atomic mass is 10.1. The second-order valence-corrected chi connectivity index (χ2v) is 3.38. The molecular formula is C11H11NO3. The van der Waals surface area contributed by atoms with Crippen LogP contribution in [0.2, 0.25) is 0 Å². The van der Waals surface area contributed by atoms with Crippen molar-refractivity contribution in [3.63, 3.8) is 0 Å². The Morgan fingerprint density at radius 1 is 1.53 bits per heavy atom. The summed E-state index contributed by atoms with van der Waals surface area (Å²) >= 11 is 0. The van der Waals surface area contributed by atoms with Crippen LogP contribution in [0.5, 0.6) is 5.75 Å². The first kappa shape index (κ1) is 9.71. The molecule has 0 saturated heterocycles. The van der Waals surface area contributed by atoms with Gasteiger partial charge in [0.2, 0.25) is 0 Å². The highest BCUT2D eigenvalue weighted by atomic mass is 16.5. The van der Waals surface area contributed by atoms with E-state index in [1.54, 1.807) is 6.07 Å². The van der Waals surface area contributed by atoms with Crippen LogP contribution in [-0.2, 0) is 9.59 Å². The molecule has 0 unspecified atom stereocenters. The molecule has 2 rings (SSSR count). The van der Waals surface area contributed by atoms with Gasteiger partial charge in [0.15, 0.2) is 6.61 Å². The number of aryl methyl sites for hydroxylation is 1. The maximum absolute atomic E-state index is 11.5. The zero-order chi connectivity index (χ0) is 10.8. The van der Waals surface area contributed by atoms with Crippen LogP contribution >= 0.6 is 0 Å². The smallest absolute Gasteiger partial charge is 0.265 e. The second kappa shape index (κ2) is 3.73. The quantitative estimate of drug-likeness (QED) is 0.674. The fourth-order valence-corrected chi connectivity index (χ4v) is 1.66. The lowest BCUT2D eigenvalue weighted by Gasteiger charge is -2.28. The molecule has 0 radical (unpaired) electrons. The van der Waals surface area contributed by atoms with Crippen molar-refractivity contribution in [2.45, 2.75) is 6.92 Å². The molecule has 1 aliphatic rings. The monoisotopic (exact) mass is 205 g/mol. The Labute approximate surface area is 87.4 Å². The van der Waals surface area contributed by atoms with Gasteiger partial charge in [-0.2, -0.15) is 0 Å². The summed E-state index contributed by atoms with van der Waals surface area (Å²) in [5.74, 6) is 0.513. The molecule has 15 heavy (non-hydrogen) atoms. The molecule has 0 aromatic heterocycles. The standard InChI is InChI=1S/C11H11NO3/c1-8-3-2-4-9-11(8)15-7-10(14)12(9)5-6-13/h2-4,6H,5,7H2,1H3. The van der Waals surface area contributed by atoms with Crippen molar-refractivity contribution in [3.05, 3.63) is 23.8 Å². The van der Waals surface area contributed by atoms with Crippen LogP contribution in [0.1, 0.15) is 5.56 Å². The van der Waals surface area contributed by atoms with E-state index in [0.29, 0.717) is 11.4 Å². The average Bonchev–Trinajstić information content (AvgIpc) is 2.23. The maximum atomic E-state index is 11.5. The molecule has 0 spiro atoms. The topological polar surface area (TPSA) is 46.6 Å². The van der Waals surface area contributed by atoms with Crippen LogP contribution < -0.4 is 9.64 Å². The zero-order valence-corrected chi connectivity index (χ0v) is 8.40. The van der Waals surface area contributed by atoms with Crippen molar-refractivity contribution >= 4 is 17.9 Å². The predicted molar refractivity (Wildman–Crippen MR) is 55.1 cm³/mol. The van der Waals surface area contributed by atoms with Gasteiger partial charge in [0.05, 0.1) is 12.2 Å². The second-order valence-electron chi connectivity index (χ2n) is 3.38. The molecule has 1 aliphatic heterocycles. The number of hydrogen-bond donors (Lipinski definition) is 0. The molecule has 0 fully saturated rings. The van der Waals surface area contributed by atoms with Crippen molar-refractivity contribution in [2.75, 3.05) is 18.1 Å². The highest BCUT2D eigenvalue weighted by Crippen LogP contribution is 2.34. The van der Waals surface area contributed by atoms with Gasteiger partial charge in [0, 0.05) is 0 Å². The Bertz CT molecular complexity index is 414. The van der Waals surface area contributed by atoms with E-state index in [-0.39, 0.29) is 19.1 Å². The number of carbonyl (C=O) groups is 2. The number of anilines is 1. The first-order valence-corrected chi connectivity index (χ1v) is 4.70. The summed E-state index contributed by atoms with van der Waals surface area (Å²) in [6.45, 7) is 2.00. The summed E-state index contributed by atoms with van der Waals surface area (Å²) in [5, 5.41) is 0. The number of hydrogen-bond acceptors (Lipinski definition) is 3. The Morgan fingerprint density at radius 3 is 3.07 bits per heavy atom. The summed E-state index contributed by atoms with van der Waals surface area (Å²) in [6, 6.07) is 5.53. The van der Waals surface area contributed by atoms with Crippen LogP contribution in [-0.4, -0.2) is 25.3 Å². The molecule has 1 amide bonds. The number of fused-ring (bicyclic) bond motifs is 1. The number of nitrogens with zero attached hydrogens (tertiary/aromatic N) is 1. The van der Waals surface area contributed by atoms with Gasteiger partial charge < -0.3 is 9.53 Å². The molecular weight excluding hydrogens is 194 g/mol. The number of ether oxygens (including phenoxy) is 1. The number of para-hydroxylation sites is 1. The highest BCUT2D eigenvalue weighted by molar-refractivity contribution is 6.00. The van der Waals surface area contributed by atoms with Gasteiger partial charge in [-0.3, -0.25) is 9.69 Å². The maximum Gasteiger partial charge on any atom is 0.265 e. The van der Waals surface area contributed by atoms with Crippen LogP contribution in [0.3, 0.4) is 0 Å². The van der Waals surface area contributed by atoms with Crippen molar-refractivity contribution in [2.24, 2.45) is 0 Å². The Hall–Kier alpha value is -1.84. The molecule has 4 heteroatoms. The van der Waals surface area contributed by atoms with E-state index >= 15 is 0 Å². The number of benzene rings is 1. The molecule has 1 aromatic carbocycles. The first-order valence-electron chi connectivity index (χ1n) is 4.70. The van der Waals surface area contributed by atoms with E-state index in [9.17, 15) is 9.59 Å². The lowest BCUT2D eigenvalue weighted by molar-refractivity contribution is -0.122. The average molecular weight is 205 g/mol. The van der Waals surface area contributed by atoms with Gasteiger partial charge in [-0.15, -0.1) is 0 Å². The van der Waals surface area contributed by atoms with E-state index in [1.807, 2.05) is 19.1 Å². The van der Waals surface area contributed by atoms with Gasteiger partial charge >= 0.3 is 0 Å². The molecule has 1 aromatic rings. The fraction of sp³-hybridized carbons (Fsp3) is 0.273. The number of carbonyl (C=O) groups excluding carboxylic acids is 2. The van der Waals surface area contributed by atoms with E-state index in [2.05, 4.69) is 0 Å². The molecule has 1 heterocycles. The summed E-state index contributed by atoms with van der Waals surface area (Å²) in [4.78, 5) is 23.4. The van der Waals surface area contributed by atoms with Crippen LogP contribution in [0.15, 0.2) is 18.2 Å². The predicted octanol–water partition coefficient (Wildman–Crippen LogP) is 0.919. The summed E-state index contributed by atoms with van der Waals surface area (Å²) < 4.78 is 5.34. The normalized spacial score (nSPS) is 14.5. The van der Waals surface area contributed by atoms with Crippen molar-refractivity contribution < 1.29 is 14.3 Å². The molecule has 0 aliphatic carbocycles. The molecule has 78 valence electrons. The van der Waals surface area contributed by atoms with Crippen LogP contribution in [0.25, 0.3) is 0 Å². The SMILES string of the molecule is Cc1cccc2c1OCC(=O)N2CC=O. The fourth-order valence-electron chi connectivity index (χ4n) is 1.66. The largest absolute Gasteiger partial charge is 0.481 e. The van der Waals surface area contributed by atoms with Gasteiger partial charge in [-0.05, 0) is 18.6 Å². The Morgan fingerprint density at radius 2 is 2.33 bits per heavy atom. The third-order valence-electron chi connectivity index (χ3n) is 2.38. The van der Waals surface area contributed by atoms with E-state index in [0.717, 1.165) is 11.8 Å². The van der Waals surface area contributed by atoms with Gasteiger partial charge in [0.25, 0.3) is 5.91 Å². The van der Waals surface area contributed by atoms with E-state index in [4.69, 9.17) is 4.74 Å². The van der Waals surface area contributed by atoms with E-state index in [1.165, 1.54) is 4.90 Å². The molecule has 0 atom stereocenters. The summed E-state index contributed by atoms with van der Waals surface area (Å²) in [7, 11) is 0. The molecule has 0 saturated carbocycles. The molecule has 0 bridgehead atoms. The first-order chi connectivity index (χ1) is 7.24. The van der Waals surface area contributed by atoms with Crippen LogP contribution in [0.4, 0.5) is 5.69 Å². The Balaban J connectivity index is 2.47. The number of amides is 1. The van der Waals surface area contributed by atoms with Crippen LogP contribution in [0, 0.1) is 6.92 Å². The number of aldehydes is 1. The summed E-state index contributed by atoms with van der Waals surface area (Å²) in [5.41, 5.74) is 1.65. The van der Waals surface area contributed by atoms with Gasteiger partial charge in [0.1, 0.15) is 12.0 Å².